The van der Waals surface area contributed by atoms with Gasteiger partial charge >= 0.3 is 5.97 Å². The lowest BCUT2D eigenvalue weighted by molar-refractivity contribution is -0.212. The van der Waals surface area contributed by atoms with Gasteiger partial charge in [0.25, 0.3) is 0 Å². The second-order valence-electron chi connectivity index (χ2n) is 13.1. The third-order valence-corrected chi connectivity index (χ3v) is 8.83. The van der Waals surface area contributed by atoms with E-state index in [1.807, 2.05) is 121 Å². The molecule has 54 heavy (non-hydrogen) atoms. The van der Waals surface area contributed by atoms with Crippen LogP contribution in [0.4, 0.5) is 4.39 Å². The summed E-state index contributed by atoms with van der Waals surface area (Å²) in [5.74, 6) is -0.912. The Labute approximate surface area is 316 Å². The van der Waals surface area contributed by atoms with Crippen molar-refractivity contribution < 1.29 is 52.2 Å². The predicted octanol–water partition coefficient (Wildman–Crippen LogP) is 6.31. The summed E-state index contributed by atoms with van der Waals surface area (Å²) in [7, 11) is 0. The highest BCUT2D eigenvalue weighted by Crippen LogP contribution is 2.30. The van der Waals surface area contributed by atoms with Crippen LogP contribution in [-0.4, -0.2) is 79.7 Å². The number of benzene rings is 4. The van der Waals surface area contributed by atoms with Gasteiger partial charge in [-0.25, -0.2) is 4.39 Å². The van der Waals surface area contributed by atoms with Crippen LogP contribution in [-0.2, 0) is 69.2 Å². The minimum atomic E-state index is -1.89. The first-order valence-electron chi connectivity index (χ1n) is 18.2. The van der Waals surface area contributed by atoms with Gasteiger partial charge in [-0.05, 0) is 29.2 Å². The number of carbonyl (C=O) groups is 2. The van der Waals surface area contributed by atoms with E-state index >= 15 is 4.39 Å². The predicted molar refractivity (Wildman–Crippen MR) is 198 cm³/mol. The summed E-state index contributed by atoms with van der Waals surface area (Å²) < 4.78 is 58.9. The third kappa shape index (κ3) is 13.2. The van der Waals surface area contributed by atoms with E-state index in [1.165, 1.54) is 6.92 Å². The molecule has 1 N–H and O–H groups in total. The molecule has 10 nitrogen and oxygen atoms in total. The lowest BCUT2D eigenvalue weighted by Crippen LogP contribution is -2.47. The summed E-state index contributed by atoms with van der Waals surface area (Å²) >= 11 is 0. The number of alkyl halides is 1. The maximum atomic E-state index is 16.2. The van der Waals surface area contributed by atoms with Crippen molar-refractivity contribution >= 4 is 11.8 Å². The quantitative estimate of drug-likeness (QED) is 0.0866. The summed E-state index contributed by atoms with van der Waals surface area (Å²) in [6.07, 6.45) is -8.55. The van der Waals surface area contributed by atoms with Crippen LogP contribution < -0.4 is 0 Å². The molecule has 1 saturated heterocycles. The number of halogens is 1. The largest absolute Gasteiger partial charge is 0.456 e. The lowest BCUT2D eigenvalue weighted by atomic mass is 10.1. The zero-order chi connectivity index (χ0) is 38.0. The van der Waals surface area contributed by atoms with Gasteiger partial charge in [-0.3, -0.25) is 4.79 Å². The van der Waals surface area contributed by atoms with Crippen molar-refractivity contribution in [1.82, 2.24) is 0 Å². The van der Waals surface area contributed by atoms with Crippen LogP contribution in [0.5, 0.6) is 0 Å². The molecule has 7 atom stereocenters. The number of carbonyl (C=O) groups excluding carboxylic acids is 2. The van der Waals surface area contributed by atoms with Gasteiger partial charge in [0.05, 0.1) is 52.7 Å². The minimum absolute atomic E-state index is 0.0262. The highest BCUT2D eigenvalue weighted by Gasteiger charge is 2.49. The van der Waals surface area contributed by atoms with Gasteiger partial charge in [0.2, 0.25) is 0 Å². The SMILES string of the molecule is CC(=O)CCC(=O)O[C@@H]1C(F)[C@H](OCC(OCc2ccccc2)C(OCc2ccccc2)C(CO)OCc2ccccc2)O[C@@H]1COCc1ccccc1. The van der Waals surface area contributed by atoms with E-state index in [9.17, 15) is 14.7 Å². The molecule has 1 aliphatic rings. The average molecular weight is 745 g/mol. The molecule has 4 aromatic rings. The van der Waals surface area contributed by atoms with Crippen molar-refractivity contribution in [3.8, 4) is 0 Å². The molecule has 1 fully saturated rings. The van der Waals surface area contributed by atoms with Crippen molar-refractivity contribution in [3.63, 3.8) is 0 Å². The smallest absolute Gasteiger partial charge is 0.306 e. The molecule has 0 aliphatic carbocycles. The first-order valence-corrected chi connectivity index (χ1v) is 18.2. The zero-order valence-electron chi connectivity index (χ0n) is 30.5. The van der Waals surface area contributed by atoms with E-state index in [0.29, 0.717) is 0 Å². The average Bonchev–Trinajstić information content (AvgIpc) is 3.49. The van der Waals surface area contributed by atoms with Crippen LogP contribution in [0.25, 0.3) is 0 Å². The van der Waals surface area contributed by atoms with Gasteiger partial charge in [0.15, 0.2) is 18.6 Å². The van der Waals surface area contributed by atoms with E-state index in [0.717, 1.165) is 22.3 Å². The van der Waals surface area contributed by atoms with Crippen LogP contribution in [0.3, 0.4) is 0 Å². The molecule has 1 heterocycles. The van der Waals surface area contributed by atoms with Crippen LogP contribution in [0.15, 0.2) is 121 Å². The van der Waals surface area contributed by atoms with Crippen LogP contribution in [0.2, 0.25) is 0 Å². The Kier molecular flexibility index (Phi) is 16.8. The van der Waals surface area contributed by atoms with Gasteiger partial charge in [-0.15, -0.1) is 0 Å². The highest BCUT2D eigenvalue weighted by molar-refractivity contribution is 5.81. The fourth-order valence-corrected chi connectivity index (χ4v) is 5.90. The number of Topliss-reactive ketones (excluding diaryl/α,β-unsaturated/α-hetero) is 1. The first kappa shape index (κ1) is 40.8. The topological polar surface area (TPSA) is 119 Å². The van der Waals surface area contributed by atoms with Crippen LogP contribution >= 0.6 is 0 Å². The van der Waals surface area contributed by atoms with E-state index in [1.54, 1.807) is 0 Å². The molecule has 0 bridgehead atoms. The van der Waals surface area contributed by atoms with Gasteiger partial charge < -0.3 is 43.1 Å². The van der Waals surface area contributed by atoms with Crippen molar-refractivity contribution in [2.24, 2.45) is 0 Å². The number of esters is 1. The van der Waals surface area contributed by atoms with Gasteiger partial charge in [-0.1, -0.05) is 121 Å². The molecule has 11 heteroatoms. The maximum Gasteiger partial charge on any atom is 0.306 e. The maximum absolute atomic E-state index is 16.2. The normalized spacial score (nSPS) is 19.9. The fourth-order valence-electron chi connectivity index (χ4n) is 5.90. The van der Waals surface area contributed by atoms with Crippen molar-refractivity contribution in [2.45, 2.75) is 89.2 Å². The van der Waals surface area contributed by atoms with Gasteiger partial charge in [0.1, 0.15) is 30.2 Å². The van der Waals surface area contributed by atoms with E-state index in [-0.39, 0.29) is 58.3 Å². The molecule has 0 radical (unpaired) electrons. The molecule has 0 aromatic heterocycles. The van der Waals surface area contributed by atoms with Gasteiger partial charge in [-0.2, -0.15) is 0 Å². The monoisotopic (exact) mass is 744 g/mol. The molecule has 0 amide bonds. The summed E-state index contributed by atoms with van der Waals surface area (Å²) in [6, 6.07) is 38.1. The fraction of sp³-hybridized carbons (Fsp3) is 0.395. The minimum Gasteiger partial charge on any atom is -0.456 e. The number of rotatable bonds is 23. The Morgan fingerprint density at radius 2 is 1.17 bits per heavy atom. The van der Waals surface area contributed by atoms with Crippen LogP contribution in [0, 0.1) is 0 Å². The number of ether oxygens (including phenoxy) is 7. The van der Waals surface area contributed by atoms with Crippen molar-refractivity contribution in [1.29, 1.82) is 0 Å². The molecule has 4 aromatic carbocycles. The number of hydrogen-bond acceptors (Lipinski definition) is 10. The van der Waals surface area contributed by atoms with E-state index in [2.05, 4.69) is 0 Å². The summed E-state index contributed by atoms with van der Waals surface area (Å²) in [5, 5.41) is 10.7. The van der Waals surface area contributed by atoms with E-state index in [4.69, 9.17) is 33.2 Å². The molecular formula is C43H49FO10. The summed E-state index contributed by atoms with van der Waals surface area (Å²) in [5.41, 5.74) is 3.58. The Morgan fingerprint density at radius 3 is 1.67 bits per heavy atom. The van der Waals surface area contributed by atoms with E-state index < -0.39 is 55.6 Å². The number of ketones is 1. The molecule has 4 unspecified atom stereocenters. The molecule has 288 valence electrons. The number of aliphatic hydroxyl groups excluding tert-OH is 1. The third-order valence-electron chi connectivity index (χ3n) is 8.83. The molecular weight excluding hydrogens is 695 g/mol. The Hall–Kier alpha value is -4.33. The molecule has 5 rings (SSSR count). The molecule has 0 spiro atoms. The number of hydrogen-bond donors (Lipinski definition) is 1. The van der Waals surface area contributed by atoms with Gasteiger partial charge in [0, 0.05) is 6.42 Å². The molecule has 0 saturated carbocycles. The summed E-state index contributed by atoms with van der Waals surface area (Å²) in [4.78, 5) is 24.2. The zero-order valence-corrected chi connectivity index (χ0v) is 30.5. The van der Waals surface area contributed by atoms with Crippen molar-refractivity contribution in [2.75, 3.05) is 19.8 Å². The highest BCUT2D eigenvalue weighted by atomic mass is 19.1. The Balaban J connectivity index is 1.34. The first-order chi connectivity index (χ1) is 26.4. The van der Waals surface area contributed by atoms with Crippen LogP contribution in [0.1, 0.15) is 42.0 Å². The lowest BCUT2D eigenvalue weighted by Gasteiger charge is -2.33. The summed E-state index contributed by atoms with van der Waals surface area (Å²) in [6.45, 7) is 1.41. The standard InChI is InChI=1S/C43H49FO10/c1-31(46)22-23-39(47)54-42-38(29-48-25-32-14-6-2-7-15-32)53-43(40(42)44)52-30-37(50-27-34-18-10-4-11-19-34)41(51-28-35-20-12-5-13-21-35)36(24-45)49-26-33-16-8-3-9-17-33/h2-21,36-38,40-43,45H,22-30H2,1H3/t36?,37?,38-,40?,41?,42+,43-/m1/s1. The Morgan fingerprint density at radius 1 is 0.685 bits per heavy atom. The Bertz CT molecular complexity index is 1650. The van der Waals surface area contributed by atoms with Crippen molar-refractivity contribution in [3.05, 3.63) is 144 Å². The second-order valence-corrected chi connectivity index (χ2v) is 13.1. The number of aliphatic hydroxyl groups is 1. The second kappa shape index (κ2) is 22.1. The molecule has 1 aliphatic heterocycles.